The molecule has 0 saturated heterocycles. The Morgan fingerprint density at radius 1 is 1.10 bits per heavy atom. The van der Waals surface area contributed by atoms with Gasteiger partial charge >= 0.3 is 5.97 Å². The molecule has 162 valence electrons. The summed E-state index contributed by atoms with van der Waals surface area (Å²) in [6.07, 6.45) is 1.93. The van der Waals surface area contributed by atoms with Crippen molar-refractivity contribution in [1.82, 2.24) is 5.32 Å². The second-order valence-corrected chi connectivity index (χ2v) is 7.94. The van der Waals surface area contributed by atoms with Gasteiger partial charge in [0.2, 0.25) is 5.91 Å². The Balaban J connectivity index is 0.000000539. The molecule has 0 fully saturated rings. The maximum Gasteiger partial charge on any atom is 0.331 e. The van der Waals surface area contributed by atoms with Crippen molar-refractivity contribution in [2.75, 3.05) is 6.61 Å². The fraction of sp³-hybridized carbons (Fsp3) is 0.273. The Bertz CT molecular complexity index is 867. The Kier molecular flexibility index (Phi) is 10.5. The van der Waals surface area contributed by atoms with E-state index in [9.17, 15) is 19.1 Å². The van der Waals surface area contributed by atoms with Gasteiger partial charge in [-0.15, -0.1) is 0 Å². The van der Waals surface area contributed by atoms with Gasteiger partial charge in [0.05, 0.1) is 12.6 Å². The Labute approximate surface area is 185 Å². The molecule has 0 aromatic heterocycles. The van der Waals surface area contributed by atoms with E-state index in [4.69, 9.17) is 27.9 Å². The number of aliphatic hydroxyl groups is 1. The van der Waals surface area contributed by atoms with Crippen molar-refractivity contribution < 1.29 is 23.8 Å². The molecule has 0 bridgehead atoms. The Hall–Kier alpha value is -2.41. The van der Waals surface area contributed by atoms with Gasteiger partial charge < -0.3 is 15.2 Å². The van der Waals surface area contributed by atoms with Crippen LogP contribution < -0.4 is 5.32 Å². The number of nitrogens with one attached hydrogen (secondary N) is 1. The molecule has 0 saturated carbocycles. The van der Waals surface area contributed by atoms with Gasteiger partial charge in [-0.3, -0.25) is 4.79 Å². The van der Waals surface area contributed by atoms with Crippen molar-refractivity contribution in [2.45, 2.75) is 32.4 Å². The lowest BCUT2D eigenvalue weighted by Gasteiger charge is -2.18. The molecule has 0 heterocycles. The van der Waals surface area contributed by atoms with Gasteiger partial charge in [0.15, 0.2) is 0 Å². The van der Waals surface area contributed by atoms with E-state index in [0.29, 0.717) is 0 Å². The zero-order chi connectivity index (χ0) is 22.7. The molecule has 2 rings (SSSR count). The first kappa shape index (κ1) is 25.6. The summed E-state index contributed by atoms with van der Waals surface area (Å²) in [5.41, 5.74) is -0.575. The third-order valence-corrected chi connectivity index (χ3v) is 3.83. The third-order valence-electron chi connectivity index (χ3n) is 3.35. The number of carbonyl (C=O) groups is 2. The molecule has 0 aliphatic rings. The number of halogens is 3. The summed E-state index contributed by atoms with van der Waals surface area (Å²) in [5, 5.41) is 12.7. The maximum absolute atomic E-state index is 13.8. The van der Waals surface area contributed by atoms with Crippen LogP contribution in [0.4, 0.5) is 4.39 Å². The zero-order valence-electron chi connectivity index (χ0n) is 16.9. The van der Waals surface area contributed by atoms with Crippen LogP contribution in [0.5, 0.6) is 0 Å². The monoisotopic (exact) mass is 455 g/mol. The topological polar surface area (TPSA) is 75.6 Å². The van der Waals surface area contributed by atoms with Gasteiger partial charge in [-0.05, 0) is 45.0 Å². The molecule has 0 spiro atoms. The van der Waals surface area contributed by atoms with E-state index in [0.717, 1.165) is 23.2 Å². The molecule has 0 radical (unpaired) electrons. The highest BCUT2D eigenvalue weighted by molar-refractivity contribution is 6.30. The Morgan fingerprint density at radius 3 is 2.20 bits per heavy atom. The van der Waals surface area contributed by atoms with Crippen LogP contribution >= 0.6 is 23.2 Å². The van der Waals surface area contributed by atoms with Crippen LogP contribution in [0, 0.1) is 5.82 Å². The quantitative estimate of drug-likeness (QED) is 0.498. The molecule has 0 aliphatic carbocycles. The average molecular weight is 456 g/mol. The number of benzene rings is 2. The number of hydrogen-bond acceptors (Lipinski definition) is 4. The van der Waals surface area contributed by atoms with Crippen molar-refractivity contribution in [3.63, 3.8) is 0 Å². The molecule has 2 aromatic carbocycles. The summed E-state index contributed by atoms with van der Waals surface area (Å²) in [5.74, 6) is -1.98. The minimum Gasteiger partial charge on any atom is -0.457 e. The first-order valence-corrected chi connectivity index (χ1v) is 9.75. The molecule has 1 unspecified atom stereocenters. The van der Waals surface area contributed by atoms with E-state index in [1.54, 1.807) is 20.8 Å². The zero-order valence-corrected chi connectivity index (χ0v) is 18.4. The molecular formula is C22H24Cl2FNO4. The van der Waals surface area contributed by atoms with E-state index >= 15 is 0 Å². The van der Waals surface area contributed by atoms with E-state index in [1.165, 1.54) is 12.1 Å². The normalized spacial score (nSPS) is 12.0. The van der Waals surface area contributed by atoms with Gasteiger partial charge in [-0.1, -0.05) is 47.5 Å². The fourth-order valence-corrected chi connectivity index (χ4v) is 2.42. The highest BCUT2D eigenvalue weighted by atomic mass is 35.5. The van der Waals surface area contributed by atoms with E-state index in [2.05, 4.69) is 5.32 Å². The van der Waals surface area contributed by atoms with Crippen molar-refractivity contribution in [3.8, 4) is 0 Å². The smallest absolute Gasteiger partial charge is 0.331 e. The first-order chi connectivity index (χ1) is 14.0. The molecule has 8 heteroatoms. The van der Waals surface area contributed by atoms with Crippen LogP contribution in [-0.4, -0.2) is 29.2 Å². The third kappa shape index (κ3) is 10.4. The summed E-state index contributed by atoms with van der Waals surface area (Å²) in [7, 11) is 0. The molecule has 30 heavy (non-hydrogen) atoms. The van der Waals surface area contributed by atoms with Crippen molar-refractivity contribution in [2.24, 2.45) is 0 Å². The maximum atomic E-state index is 13.8. The van der Waals surface area contributed by atoms with Crippen LogP contribution in [0.15, 0.2) is 60.7 Å². The van der Waals surface area contributed by atoms with Crippen LogP contribution in [0.1, 0.15) is 32.4 Å². The van der Waals surface area contributed by atoms with Gasteiger partial charge in [0, 0.05) is 27.8 Å². The summed E-state index contributed by atoms with van der Waals surface area (Å²) in [6, 6.07) is 12.4. The van der Waals surface area contributed by atoms with Gasteiger partial charge in [-0.2, -0.15) is 0 Å². The van der Waals surface area contributed by atoms with Crippen LogP contribution in [-0.2, 0) is 14.3 Å². The minimum atomic E-state index is -0.956. The molecule has 1 amide bonds. The largest absolute Gasteiger partial charge is 0.457 e. The number of ether oxygens (including phenoxy) is 1. The molecule has 2 N–H and O–H groups in total. The number of carbonyl (C=O) groups excluding carboxylic acids is 2. The lowest BCUT2D eigenvalue weighted by atomic mass is 10.1. The predicted octanol–water partition coefficient (Wildman–Crippen LogP) is 4.87. The van der Waals surface area contributed by atoms with Gasteiger partial charge in [0.1, 0.15) is 11.4 Å². The van der Waals surface area contributed by atoms with Crippen molar-refractivity contribution in [3.05, 3.63) is 82.1 Å². The van der Waals surface area contributed by atoms with Crippen LogP contribution in [0.2, 0.25) is 10.0 Å². The SMILES string of the molecule is CC(C)(C)OC(=O)/C=C/C(=O)NC(CO)c1ccc(Cl)cc1F.Clc1ccccc1. The van der Waals surface area contributed by atoms with Crippen LogP contribution in [0.25, 0.3) is 0 Å². The lowest BCUT2D eigenvalue weighted by Crippen LogP contribution is -2.30. The summed E-state index contributed by atoms with van der Waals surface area (Å²) >= 11 is 11.2. The molecule has 0 aliphatic heterocycles. The summed E-state index contributed by atoms with van der Waals surface area (Å²) in [6.45, 7) is 4.59. The molecule has 1 atom stereocenters. The van der Waals surface area contributed by atoms with E-state index in [1.807, 2.05) is 30.3 Å². The second kappa shape index (κ2) is 12.3. The van der Waals surface area contributed by atoms with Crippen molar-refractivity contribution >= 4 is 35.1 Å². The highest BCUT2D eigenvalue weighted by Crippen LogP contribution is 2.20. The highest BCUT2D eigenvalue weighted by Gasteiger charge is 2.18. The van der Waals surface area contributed by atoms with Crippen LogP contribution in [0.3, 0.4) is 0 Å². The number of esters is 1. The number of amides is 1. The number of hydrogen-bond donors (Lipinski definition) is 2. The molecule has 5 nitrogen and oxygen atoms in total. The summed E-state index contributed by atoms with van der Waals surface area (Å²) < 4.78 is 18.8. The first-order valence-electron chi connectivity index (χ1n) is 8.99. The van der Waals surface area contributed by atoms with Gasteiger partial charge in [0.25, 0.3) is 0 Å². The summed E-state index contributed by atoms with van der Waals surface area (Å²) in [4.78, 5) is 23.2. The predicted molar refractivity (Wildman–Crippen MR) is 116 cm³/mol. The van der Waals surface area contributed by atoms with E-state index < -0.39 is 35.9 Å². The Morgan fingerprint density at radius 2 is 1.73 bits per heavy atom. The molecule has 2 aromatic rings. The van der Waals surface area contributed by atoms with Crippen molar-refractivity contribution in [1.29, 1.82) is 0 Å². The number of rotatable bonds is 5. The lowest BCUT2D eigenvalue weighted by molar-refractivity contribution is -0.148. The number of aliphatic hydroxyl groups excluding tert-OH is 1. The average Bonchev–Trinajstić information content (AvgIpc) is 2.65. The minimum absolute atomic E-state index is 0.0934. The van der Waals surface area contributed by atoms with Gasteiger partial charge in [-0.25, -0.2) is 9.18 Å². The standard InChI is InChI=1S/C16H19ClFNO4.C6H5Cl/c1-16(2,3)23-15(22)7-6-14(21)19-13(9-20)11-5-4-10(17)8-12(11)18;7-6-4-2-1-3-5-6/h4-8,13,20H,9H2,1-3H3,(H,19,21);1-5H/b7-6+;. The second-order valence-electron chi connectivity index (χ2n) is 7.07. The van der Waals surface area contributed by atoms with E-state index in [-0.39, 0.29) is 10.6 Å². The fourth-order valence-electron chi connectivity index (χ4n) is 2.12. The molecular weight excluding hydrogens is 432 g/mol.